The molecule has 1 aliphatic rings. The van der Waals surface area contributed by atoms with Crippen LogP contribution in [0.2, 0.25) is 0 Å². The standard InChI is InChI=1S/C14H21NO3S/c1-11-14(7-9-17-11)19(16)10-2-8-18-13-5-3-12(15)4-6-13/h3-6,11,14H,2,7-10,15H2,1H3. The van der Waals surface area contributed by atoms with Crippen molar-refractivity contribution in [2.45, 2.75) is 31.1 Å². The SMILES string of the molecule is CC1OCCC1S(=O)CCCOc1ccc(N)cc1. The summed E-state index contributed by atoms with van der Waals surface area (Å²) >= 11 is 0. The van der Waals surface area contributed by atoms with Crippen molar-refractivity contribution in [3.63, 3.8) is 0 Å². The Kier molecular flexibility index (Phi) is 5.22. The van der Waals surface area contributed by atoms with Gasteiger partial charge in [0.25, 0.3) is 0 Å². The number of benzene rings is 1. The van der Waals surface area contributed by atoms with Crippen LogP contribution in [0, 0.1) is 0 Å². The van der Waals surface area contributed by atoms with Crippen molar-refractivity contribution in [3.05, 3.63) is 24.3 Å². The van der Waals surface area contributed by atoms with Crippen molar-refractivity contribution in [2.24, 2.45) is 0 Å². The van der Waals surface area contributed by atoms with Gasteiger partial charge in [-0.05, 0) is 44.0 Å². The molecule has 3 atom stereocenters. The van der Waals surface area contributed by atoms with Gasteiger partial charge in [-0.3, -0.25) is 4.21 Å². The summed E-state index contributed by atoms with van der Waals surface area (Å²) in [6.07, 6.45) is 1.83. The maximum atomic E-state index is 12.1. The van der Waals surface area contributed by atoms with Crippen LogP contribution in [0.5, 0.6) is 5.75 Å². The van der Waals surface area contributed by atoms with E-state index in [1.807, 2.05) is 31.2 Å². The van der Waals surface area contributed by atoms with Gasteiger partial charge < -0.3 is 15.2 Å². The predicted molar refractivity (Wildman–Crippen MR) is 77.8 cm³/mol. The van der Waals surface area contributed by atoms with E-state index in [0.717, 1.165) is 30.9 Å². The highest BCUT2D eigenvalue weighted by molar-refractivity contribution is 7.85. The number of ether oxygens (including phenoxy) is 2. The molecule has 2 N–H and O–H groups in total. The molecular weight excluding hydrogens is 262 g/mol. The number of hydrogen-bond donors (Lipinski definition) is 1. The predicted octanol–water partition coefficient (Wildman–Crippen LogP) is 1.96. The van der Waals surface area contributed by atoms with Gasteiger partial charge in [0.05, 0.1) is 18.0 Å². The molecule has 3 unspecified atom stereocenters. The minimum atomic E-state index is -0.812. The zero-order valence-electron chi connectivity index (χ0n) is 11.2. The van der Waals surface area contributed by atoms with E-state index in [1.54, 1.807) is 0 Å². The van der Waals surface area contributed by atoms with Gasteiger partial charge in [-0.25, -0.2) is 0 Å². The maximum absolute atomic E-state index is 12.1. The lowest BCUT2D eigenvalue weighted by molar-refractivity contribution is 0.127. The fraction of sp³-hybridized carbons (Fsp3) is 0.571. The summed E-state index contributed by atoms with van der Waals surface area (Å²) in [7, 11) is -0.812. The Morgan fingerprint density at radius 3 is 2.79 bits per heavy atom. The molecule has 1 fully saturated rings. The molecule has 1 aromatic rings. The lowest BCUT2D eigenvalue weighted by Crippen LogP contribution is -2.25. The highest BCUT2D eigenvalue weighted by atomic mass is 32.2. The van der Waals surface area contributed by atoms with Crippen LogP contribution in [-0.4, -0.2) is 34.5 Å². The van der Waals surface area contributed by atoms with E-state index in [4.69, 9.17) is 15.2 Å². The van der Waals surface area contributed by atoms with E-state index >= 15 is 0 Å². The van der Waals surface area contributed by atoms with E-state index in [9.17, 15) is 4.21 Å². The topological polar surface area (TPSA) is 61.5 Å². The molecule has 0 spiro atoms. The highest BCUT2D eigenvalue weighted by Crippen LogP contribution is 2.19. The first-order valence-corrected chi connectivity index (χ1v) is 8.02. The van der Waals surface area contributed by atoms with E-state index in [2.05, 4.69) is 0 Å². The number of hydrogen-bond acceptors (Lipinski definition) is 4. The van der Waals surface area contributed by atoms with Crippen LogP contribution in [-0.2, 0) is 15.5 Å². The van der Waals surface area contributed by atoms with Crippen molar-refractivity contribution < 1.29 is 13.7 Å². The van der Waals surface area contributed by atoms with Crippen LogP contribution in [0.15, 0.2) is 24.3 Å². The molecule has 1 saturated heterocycles. The first kappa shape index (κ1) is 14.3. The molecule has 4 nitrogen and oxygen atoms in total. The summed E-state index contributed by atoms with van der Waals surface area (Å²) in [6.45, 7) is 3.32. The van der Waals surface area contributed by atoms with Crippen LogP contribution in [0.1, 0.15) is 19.8 Å². The van der Waals surface area contributed by atoms with Gasteiger partial charge in [0, 0.05) is 28.8 Å². The van der Waals surface area contributed by atoms with Crippen LogP contribution in [0.4, 0.5) is 5.69 Å². The number of nitrogen functional groups attached to an aromatic ring is 1. The molecule has 0 aliphatic carbocycles. The fourth-order valence-corrected chi connectivity index (χ4v) is 3.73. The van der Waals surface area contributed by atoms with Crippen molar-refractivity contribution >= 4 is 16.5 Å². The molecule has 0 radical (unpaired) electrons. The second kappa shape index (κ2) is 6.91. The third kappa shape index (κ3) is 4.21. The first-order valence-electron chi connectivity index (χ1n) is 6.64. The van der Waals surface area contributed by atoms with E-state index in [0.29, 0.717) is 12.4 Å². The summed E-state index contributed by atoms with van der Waals surface area (Å²) in [6, 6.07) is 7.31. The van der Waals surface area contributed by atoms with Crippen LogP contribution < -0.4 is 10.5 Å². The highest BCUT2D eigenvalue weighted by Gasteiger charge is 2.28. The Labute approximate surface area is 116 Å². The molecule has 0 saturated carbocycles. The van der Waals surface area contributed by atoms with Gasteiger partial charge in [-0.15, -0.1) is 0 Å². The van der Waals surface area contributed by atoms with Crippen LogP contribution in [0.25, 0.3) is 0 Å². The number of nitrogens with two attached hydrogens (primary N) is 1. The number of rotatable bonds is 6. The molecule has 0 aromatic heterocycles. The van der Waals surface area contributed by atoms with Gasteiger partial charge in [0.2, 0.25) is 0 Å². The Balaban J connectivity index is 1.66. The largest absolute Gasteiger partial charge is 0.494 e. The van der Waals surface area contributed by atoms with Gasteiger partial charge in [0.15, 0.2) is 0 Å². The average molecular weight is 283 g/mol. The molecule has 2 rings (SSSR count). The zero-order chi connectivity index (χ0) is 13.7. The normalized spacial score (nSPS) is 24.3. The molecule has 1 heterocycles. The molecule has 1 aliphatic heterocycles. The van der Waals surface area contributed by atoms with Gasteiger partial charge in [-0.1, -0.05) is 0 Å². The third-order valence-electron chi connectivity index (χ3n) is 3.28. The third-order valence-corrected chi connectivity index (χ3v) is 5.27. The summed E-state index contributed by atoms with van der Waals surface area (Å²) in [5.41, 5.74) is 6.32. The first-order chi connectivity index (χ1) is 9.16. The molecule has 0 amide bonds. The smallest absolute Gasteiger partial charge is 0.119 e. The van der Waals surface area contributed by atoms with Gasteiger partial charge >= 0.3 is 0 Å². The molecule has 1 aromatic carbocycles. The Morgan fingerprint density at radius 2 is 2.16 bits per heavy atom. The summed E-state index contributed by atoms with van der Waals surface area (Å²) in [5, 5.41) is 0.191. The Hall–Kier alpha value is -1.07. The molecular formula is C14H21NO3S. The molecule has 106 valence electrons. The Bertz CT molecular complexity index is 421. The summed E-state index contributed by atoms with van der Waals surface area (Å²) in [4.78, 5) is 0. The van der Waals surface area contributed by atoms with Gasteiger partial charge in [-0.2, -0.15) is 0 Å². The number of anilines is 1. The molecule has 19 heavy (non-hydrogen) atoms. The van der Waals surface area contributed by atoms with Crippen LogP contribution in [0.3, 0.4) is 0 Å². The van der Waals surface area contributed by atoms with Crippen molar-refractivity contribution in [1.29, 1.82) is 0 Å². The fourth-order valence-electron chi connectivity index (χ4n) is 2.16. The monoisotopic (exact) mass is 283 g/mol. The van der Waals surface area contributed by atoms with E-state index in [1.165, 1.54) is 0 Å². The van der Waals surface area contributed by atoms with Gasteiger partial charge in [0.1, 0.15) is 5.75 Å². The van der Waals surface area contributed by atoms with Crippen molar-refractivity contribution in [1.82, 2.24) is 0 Å². The summed E-state index contributed by atoms with van der Waals surface area (Å²) < 4.78 is 23.1. The lowest BCUT2D eigenvalue weighted by atomic mass is 10.3. The lowest BCUT2D eigenvalue weighted by Gasteiger charge is -2.13. The minimum Gasteiger partial charge on any atom is -0.494 e. The second-order valence-corrected chi connectivity index (χ2v) is 6.53. The molecule has 0 bridgehead atoms. The second-order valence-electron chi connectivity index (χ2n) is 4.76. The quantitative estimate of drug-likeness (QED) is 0.640. The van der Waals surface area contributed by atoms with E-state index < -0.39 is 10.8 Å². The Morgan fingerprint density at radius 1 is 1.42 bits per heavy atom. The zero-order valence-corrected chi connectivity index (χ0v) is 12.0. The average Bonchev–Trinajstić information content (AvgIpc) is 2.83. The maximum Gasteiger partial charge on any atom is 0.119 e. The molecule has 5 heteroatoms. The van der Waals surface area contributed by atoms with Crippen LogP contribution >= 0.6 is 0 Å². The van der Waals surface area contributed by atoms with E-state index in [-0.39, 0.29) is 11.4 Å². The van der Waals surface area contributed by atoms with Crippen molar-refractivity contribution in [3.8, 4) is 5.75 Å². The van der Waals surface area contributed by atoms with Crippen molar-refractivity contribution in [2.75, 3.05) is 24.7 Å². The minimum absolute atomic E-state index is 0.124. The summed E-state index contributed by atoms with van der Waals surface area (Å²) in [5.74, 6) is 1.48.